The third kappa shape index (κ3) is 4.42. The zero-order valence-electron chi connectivity index (χ0n) is 17.5. The van der Waals surface area contributed by atoms with E-state index in [1.165, 1.54) is 0 Å². The molecule has 8 nitrogen and oxygen atoms in total. The Morgan fingerprint density at radius 2 is 2.00 bits per heavy atom. The number of benzene rings is 1. The summed E-state index contributed by atoms with van der Waals surface area (Å²) in [6, 6.07) is 8.62. The molecule has 0 aliphatic rings. The van der Waals surface area contributed by atoms with Gasteiger partial charge in [-0.1, -0.05) is 0 Å². The molecule has 0 aliphatic carbocycles. The third-order valence-electron chi connectivity index (χ3n) is 5.03. The van der Waals surface area contributed by atoms with Gasteiger partial charge in [-0.05, 0) is 57.0 Å². The fourth-order valence-corrected chi connectivity index (χ4v) is 3.33. The molecule has 0 bridgehead atoms. The zero-order valence-corrected chi connectivity index (χ0v) is 17.5. The minimum Gasteiger partial charge on any atom is -0.382 e. The number of nitrogens with one attached hydrogen (secondary N) is 1. The normalized spacial score (nSPS) is 10.9. The van der Waals surface area contributed by atoms with Gasteiger partial charge in [-0.25, -0.2) is 9.97 Å². The Balaban J connectivity index is 1.73. The van der Waals surface area contributed by atoms with Crippen molar-refractivity contribution in [2.45, 2.75) is 40.3 Å². The molecule has 0 atom stereocenters. The molecule has 2 aromatic heterocycles. The van der Waals surface area contributed by atoms with Gasteiger partial charge in [0.1, 0.15) is 17.9 Å². The quantitative estimate of drug-likeness (QED) is 0.555. The van der Waals surface area contributed by atoms with Gasteiger partial charge in [-0.3, -0.25) is 4.79 Å². The van der Waals surface area contributed by atoms with E-state index >= 15 is 0 Å². The molecular formula is C22H26N6O2. The molecule has 3 rings (SSSR count). The molecule has 30 heavy (non-hydrogen) atoms. The number of aryl methyl sites for hydroxylation is 3. The summed E-state index contributed by atoms with van der Waals surface area (Å²) in [6.45, 7) is 8.04. The Morgan fingerprint density at radius 3 is 2.67 bits per heavy atom. The number of carbonyl (C=O) groups excluding carboxylic acids is 1. The SMILES string of the molecule is CCOCc1nc2c(N)nc(C)c(C)c2n1CCCNC(=O)c1ccc(C#N)cc1. The van der Waals surface area contributed by atoms with Crippen LogP contribution in [0.4, 0.5) is 5.82 Å². The average molecular weight is 406 g/mol. The van der Waals surface area contributed by atoms with Crippen molar-refractivity contribution in [3.63, 3.8) is 0 Å². The van der Waals surface area contributed by atoms with Crippen LogP contribution < -0.4 is 11.1 Å². The number of imidazole rings is 1. The molecule has 0 aliphatic heterocycles. The Hall–Kier alpha value is -3.44. The van der Waals surface area contributed by atoms with Crippen LogP contribution in [0.25, 0.3) is 11.0 Å². The lowest BCUT2D eigenvalue weighted by Crippen LogP contribution is -2.25. The lowest BCUT2D eigenvalue weighted by atomic mass is 10.1. The zero-order chi connectivity index (χ0) is 21.7. The molecule has 156 valence electrons. The molecule has 8 heteroatoms. The number of aromatic nitrogens is 3. The van der Waals surface area contributed by atoms with Crippen LogP contribution in [0.15, 0.2) is 24.3 Å². The van der Waals surface area contributed by atoms with Crippen LogP contribution in [-0.4, -0.2) is 33.6 Å². The first-order valence-corrected chi connectivity index (χ1v) is 9.94. The standard InChI is InChI=1S/C22H26N6O2/c1-4-30-13-18-27-19-20(14(2)15(3)26-21(19)24)28(18)11-5-10-25-22(29)17-8-6-16(12-23)7-9-17/h6-9H,4-5,10-11,13H2,1-3H3,(H2,24,26)(H,25,29). The van der Waals surface area contributed by atoms with Crippen molar-refractivity contribution in [3.05, 3.63) is 52.5 Å². The van der Waals surface area contributed by atoms with Crippen LogP contribution in [0.2, 0.25) is 0 Å². The van der Waals surface area contributed by atoms with Crippen molar-refractivity contribution in [1.29, 1.82) is 5.26 Å². The fraction of sp³-hybridized carbons (Fsp3) is 0.364. The highest BCUT2D eigenvalue weighted by Gasteiger charge is 2.17. The number of hydrogen-bond acceptors (Lipinski definition) is 6. The van der Waals surface area contributed by atoms with Crippen molar-refractivity contribution in [2.24, 2.45) is 0 Å². The van der Waals surface area contributed by atoms with Gasteiger partial charge < -0.3 is 20.4 Å². The van der Waals surface area contributed by atoms with E-state index in [1.807, 2.05) is 26.8 Å². The minimum absolute atomic E-state index is 0.162. The van der Waals surface area contributed by atoms with Gasteiger partial charge in [0.15, 0.2) is 5.82 Å². The van der Waals surface area contributed by atoms with Crippen LogP contribution in [-0.2, 0) is 17.9 Å². The fourth-order valence-electron chi connectivity index (χ4n) is 3.33. The highest BCUT2D eigenvalue weighted by Crippen LogP contribution is 2.26. The molecule has 0 saturated heterocycles. The number of nitriles is 1. The van der Waals surface area contributed by atoms with Crippen molar-refractivity contribution in [2.75, 3.05) is 18.9 Å². The molecule has 1 amide bonds. The van der Waals surface area contributed by atoms with E-state index in [4.69, 9.17) is 15.7 Å². The van der Waals surface area contributed by atoms with Gasteiger partial charge in [0.25, 0.3) is 5.91 Å². The predicted molar refractivity (Wildman–Crippen MR) is 115 cm³/mol. The molecule has 2 heterocycles. The van der Waals surface area contributed by atoms with Crippen molar-refractivity contribution in [1.82, 2.24) is 19.9 Å². The first-order valence-electron chi connectivity index (χ1n) is 9.94. The number of hydrogen-bond donors (Lipinski definition) is 2. The van der Waals surface area contributed by atoms with Crippen LogP contribution >= 0.6 is 0 Å². The van der Waals surface area contributed by atoms with Crippen molar-refractivity contribution >= 4 is 22.8 Å². The Bertz CT molecular complexity index is 1100. The summed E-state index contributed by atoms with van der Waals surface area (Å²) in [5, 5.41) is 11.8. The van der Waals surface area contributed by atoms with Crippen LogP contribution in [0.3, 0.4) is 0 Å². The van der Waals surface area contributed by atoms with E-state index in [-0.39, 0.29) is 5.91 Å². The van der Waals surface area contributed by atoms with Gasteiger partial charge in [-0.15, -0.1) is 0 Å². The lowest BCUT2D eigenvalue weighted by molar-refractivity contribution is 0.0952. The second-order valence-corrected chi connectivity index (χ2v) is 7.02. The van der Waals surface area contributed by atoms with Gasteiger partial charge in [-0.2, -0.15) is 5.26 Å². The number of rotatable bonds is 8. The van der Waals surface area contributed by atoms with Gasteiger partial charge in [0, 0.05) is 31.0 Å². The Morgan fingerprint density at radius 1 is 1.27 bits per heavy atom. The number of nitrogens with zero attached hydrogens (tertiary/aromatic N) is 4. The molecule has 0 spiro atoms. The molecule has 0 unspecified atom stereocenters. The molecule has 0 radical (unpaired) electrons. The van der Waals surface area contributed by atoms with E-state index in [0.29, 0.717) is 55.2 Å². The smallest absolute Gasteiger partial charge is 0.251 e. The average Bonchev–Trinajstić information content (AvgIpc) is 3.12. The van der Waals surface area contributed by atoms with E-state index < -0.39 is 0 Å². The number of nitrogens with two attached hydrogens (primary N) is 1. The number of fused-ring (bicyclic) bond motifs is 1. The van der Waals surface area contributed by atoms with Crippen LogP contribution in [0, 0.1) is 25.2 Å². The second-order valence-electron chi connectivity index (χ2n) is 7.02. The lowest BCUT2D eigenvalue weighted by Gasteiger charge is -2.12. The maximum atomic E-state index is 12.3. The summed E-state index contributed by atoms with van der Waals surface area (Å²) in [5.74, 6) is 1.05. The summed E-state index contributed by atoms with van der Waals surface area (Å²) >= 11 is 0. The Labute approximate surface area is 175 Å². The van der Waals surface area contributed by atoms with E-state index in [0.717, 1.165) is 22.6 Å². The predicted octanol–water partition coefficient (Wildman–Crippen LogP) is 2.86. The summed E-state index contributed by atoms with van der Waals surface area (Å²) in [4.78, 5) is 21.4. The van der Waals surface area contributed by atoms with E-state index in [9.17, 15) is 4.79 Å². The first kappa shape index (κ1) is 21.3. The summed E-state index contributed by atoms with van der Waals surface area (Å²) < 4.78 is 7.69. The van der Waals surface area contributed by atoms with E-state index in [1.54, 1.807) is 24.3 Å². The van der Waals surface area contributed by atoms with Gasteiger partial charge in [0.2, 0.25) is 0 Å². The van der Waals surface area contributed by atoms with Gasteiger partial charge in [0.05, 0.1) is 17.1 Å². The maximum absolute atomic E-state index is 12.3. The van der Waals surface area contributed by atoms with Gasteiger partial charge >= 0.3 is 0 Å². The summed E-state index contributed by atoms with van der Waals surface area (Å²) in [7, 11) is 0. The first-order chi connectivity index (χ1) is 14.5. The summed E-state index contributed by atoms with van der Waals surface area (Å²) in [6.07, 6.45) is 0.716. The minimum atomic E-state index is -0.162. The largest absolute Gasteiger partial charge is 0.382 e. The molecule has 3 aromatic rings. The molecule has 0 saturated carbocycles. The monoisotopic (exact) mass is 406 g/mol. The molecule has 3 N–H and O–H groups in total. The number of carbonyl (C=O) groups is 1. The topological polar surface area (TPSA) is 119 Å². The van der Waals surface area contributed by atoms with Crippen molar-refractivity contribution < 1.29 is 9.53 Å². The summed E-state index contributed by atoms with van der Waals surface area (Å²) in [5.41, 5.74) is 10.7. The number of anilines is 1. The number of pyridine rings is 1. The number of amides is 1. The molecular weight excluding hydrogens is 380 g/mol. The maximum Gasteiger partial charge on any atom is 0.251 e. The van der Waals surface area contributed by atoms with E-state index in [2.05, 4.69) is 19.9 Å². The highest BCUT2D eigenvalue weighted by atomic mass is 16.5. The van der Waals surface area contributed by atoms with Crippen LogP contribution in [0.1, 0.15) is 46.3 Å². The molecule has 1 aromatic carbocycles. The highest BCUT2D eigenvalue weighted by molar-refractivity contribution is 5.94. The number of ether oxygens (including phenoxy) is 1. The second kappa shape index (κ2) is 9.37. The van der Waals surface area contributed by atoms with Crippen LogP contribution in [0.5, 0.6) is 0 Å². The third-order valence-corrected chi connectivity index (χ3v) is 5.03. The number of nitrogen functional groups attached to an aromatic ring is 1. The molecule has 0 fully saturated rings. The Kier molecular flexibility index (Phi) is 6.65. The van der Waals surface area contributed by atoms with Crippen molar-refractivity contribution in [3.8, 4) is 6.07 Å².